The van der Waals surface area contributed by atoms with Crippen LogP contribution in [0.5, 0.6) is 11.5 Å². The fourth-order valence-corrected chi connectivity index (χ4v) is 4.62. The quantitative estimate of drug-likeness (QED) is 0.241. The predicted octanol–water partition coefficient (Wildman–Crippen LogP) is 6.84. The Balaban J connectivity index is 1.16. The Bertz CT molecular complexity index is 1620. The number of rotatable bonds is 7. The van der Waals surface area contributed by atoms with Gasteiger partial charge in [0, 0.05) is 24.0 Å². The molecule has 7 nitrogen and oxygen atoms in total. The maximum absolute atomic E-state index is 12.9. The standard InChI is InChI=1S/C30H22ClF3N2O5/c31-24-13-8-20(30(32,33)34)15-25(24)35-27(37)17-40-29(39)19-14-28(38)36(16-19)21-9-11-22(12-10-21)41-26-7-3-5-18-4-1-2-6-23(18)26/h1-13,15,19H,14,16-17H2,(H,35,37)/t19-/m1/s1. The van der Waals surface area contributed by atoms with Gasteiger partial charge in [0.05, 0.1) is 22.2 Å². The summed E-state index contributed by atoms with van der Waals surface area (Å²) in [5.41, 5.74) is -0.697. The van der Waals surface area contributed by atoms with E-state index < -0.39 is 36.1 Å². The highest BCUT2D eigenvalue weighted by atomic mass is 35.5. The average molecular weight is 583 g/mol. The fraction of sp³-hybridized carbons (Fsp3) is 0.167. The molecule has 0 saturated carbocycles. The molecule has 1 saturated heterocycles. The third-order valence-corrected chi connectivity index (χ3v) is 6.83. The summed E-state index contributed by atoms with van der Waals surface area (Å²) in [6.07, 6.45) is -4.74. The van der Waals surface area contributed by atoms with Gasteiger partial charge >= 0.3 is 12.1 Å². The SMILES string of the molecule is O=C(COC(=O)[C@@H]1CC(=O)N(c2ccc(Oc3cccc4ccccc34)cc2)C1)Nc1cc(C(F)(F)F)ccc1Cl. The van der Waals surface area contributed by atoms with Crippen LogP contribution in [0, 0.1) is 5.92 Å². The maximum Gasteiger partial charge on any atom is 0.416 e. The van der Waals surface area contributed by atoms with Gasteiger partial charge in [-0.2, -0.15) is 13.2 Å². The van der Waals surface area contributed by atoms with Gasteiger partial charge in [0.25, 0.3) is 5.91 Å². The zero-order valence-electron chi connectivity index (χ0n) is 21.3. The molecular weight excluding hydrogens is 561 g/mol. The summed E-state index contributed by atoms with van der Waals surface area (Å²) in [5.74, 6) is -1.51. The highest BCUT2D eigenvalue weighted by Gasteiger charge is 2.36. The minimum Gasteiger partial charge on any atom is -0.457 e. The number of hydrogen-bond donors (Lipinski definition) is 1. The molecule has 0 radical (unpaired) electrons. The summed E-state index contributed by atoms with van der Waals surface area (Å²) in [5, 5.41) is 4.10. The maximum atomic E-state index is 12.9. The molecule has 0 spiro atoms. The molecule has 4 aromatic rings. The summed E-state index contributed by atoms with van der Waals surface area (Å²) >= 11 is 5.88. The van der Waals surface area contributed by atoms with Crippen molar-refractivity contribution >= 4 is 51.5 Å². The van der Waals surface area contributed by atoms with Crippen molar-refractivity contribution in [2.75, 3.05) is 23.4 Å². The van der Waals surface area contributed by atoms with Gasteiger partial charge in [0.1, 0.15) is 11.5 Å². The van der Waals surface area contributed by atoms with Crippen molar-refractivity contribution in [3.63, 3.8) is 0 Å². The first-order chi connectivity index (χ1) is 19.6. The molecule has 0 aromatic heterocycles. The second-order valence-electron chi connectivity index (χ2n) is 9.33. The van der Waals surface area contributed by atoms with Crippen LogP contribution in [0.3, 0.4) is 0 Å². The summed E-state index contributed by atoms with van der Waals surface area (Å²) in [6.45, 7) is -0.710. The third-order valence-electron chi connectivity index (χ3n) is 6.50. The van der Waals surface area contributed by atoms with Crippen LogP contribution in [0.1, 0.15) is 12.0 Å². The van der Waals surface area contributed by atoms with Crippen molar-refractivity contribution in [2.24, 2.45) is 5.92 Å². The zero-order chi connectivity index (χ0) is 29.1. The molecule has 11 heteroatoms. The molecule has 1 fully saturated rings. The number of anilines is 2. The molecule has 0 aliphatic carbocycles. The van der Waals surface area contributed by atoms with Crippen LogP contribution >= 0.6 is 11.6 Å². The molecule has 0 bridgehead atoms. The number of fused-ring (bicyclic) bond motifs is 1. The number of esters is 1. The highest BCUT2D eigenvalue weighted by molar-refractivity contribution is 6.33. The van der Waals surface area contributed by atoms with E-state index in [0.29, 0.717) is 23.3 Å². The van der Waals surface area contributed by atoms with E-state index in [1.54, 1.807) is 24.3 Å². The number of carbonyl (C=O) groups is 3. The van der Waals surface area contributed by atoms with Crippen LogP contribution in [-0.4, -0.2) is 30.9 Å². The lowest BCUT2D eigenvalue weighted by Gasteiger charge is -2.17. The largest absolute Gasteiger partial charge is 0.457 e. The normalized spacial score (nSPS) is 15.2. The first-order valence-corrected chi connectivity index (χ1v) is 12.9. The molecule has 1 aliphatic heterocycles. The van der Waals surface area contributed by atoms with E-state index in [9.17, 15) is 27.6 Å². The Kier molecular flexibility index (Phi) is 7.85. The molecule has 0 unspecified atom stereocenters. The van der Waals surface area contributed by atoms with E-state index in [2.05, 4.69) is 5.32 Å². The summed E-state index contributed by atoms with van der Waals surface area (Å²) in [7, 11) is 0. The van der Waals surface area contributed by atoms with Crippen molar-refractivity contribution < 1.29 is 37.0 Å². The molecule has 1 atom stereocenters. The van der Waals surface area contributed by atoms with Gasteiger partial charge in [0.2, 0.25) is 5.91 Å². The van der Waals surface area contributed by atoms with E-state index in [4.69, 9.17) is 21.1 Å². The van der Waals surface area contributed by atoms with Gasteiger partial charge in [-0.3, -0.25) is 14.4 Å². The molecule has 4 aromatic carbocycles. The lowest BCUT2D eigenvalue weighted by molar-refractivity contribution is -0.151. The first-order valence-electron chi connectivity index (χ1n) is 12.5. The van der Waals surface area contributed by atoms with Crippen LogP contribution in [0.4, 0.5) is 24.5 Å². The number of carbonyl (C=O) groups excluding carboxylic acids is 3. The van der Waals surface area contributed by atoms with Gasteiger partial charge in [-0.25, -0.2) is 0 Å². The lowest BCUT2D eigenvalue weighted by atomic mass is 10.1. The number of benzene rings is 4. The smallest absolute Gasteiger partial charge is 0.416 e. The predicted molar refractivity (Wildman–Crippen MR) is 147 cm³/mol. The number of nitrogens with one attached hydrogen (secondary N) is 1. The highest BCUT2D eigenvalue weighted by Crippen LogP contribution is 2.34. The minimum atomic E-state index is -4.62. The van der Waals surface area contributed by atoms with Crippen molar-refractivity contribution in [2.45, 2.75) is 12.6 Å². The molecule has 1 aliphatic rings. The molecule has 2 amide bonds. The summed E-state index contributed by atoms with van der Waals surface area (Å²) in [6, 6.07) is 22.9. The van der Waals surface area contributed by atoms with Gasteiger partial charge in [-0.1, -0.05) is 48.0 Å². The number of alkyl halides is 3. The minimum absolute atomic E-state index is 0.0439. The Morgan fingerprint density at radius 1 is 0.976 bits per heavy atom. The lowest BCUT2D eigenvalue weighted by Crippen LogP contribution is -2.28. The monoisotopic (exact) mass is 582 g/mol. The second-order valence-corrected chi connectivity index (χ2v) is 9.73. The van der Waals surface area contributed by atoms with Crippen LogP contribution in [-0.2, 0) is 25.3 Å². The Hall–Kier alpha value is -4.57. The third kappa shape index (κ3) is 6.44. The van der Waals surface area contributed by atoms with Crippen LogP contribution < -0.4 is 15.0 Å². The van der Waals surface area contributed by atoms with Crippen LogP contribution in [0.15, 0.2) is 84.9 Å². The van der Waals surface area contributed by atoms with E-state index >= 15 is 0 Å². The molecular formula is C30H22ClF3N2O5. The topological polar surface area (TPSA) is 84.9 Å². The number of nitrogens with zero attached hydrogens (tertiary/aromatic N) is 1. The zero-order valence-corrected chi connectivity index (χ0v) is 22.0. The van der Waals surface area contributed by atoms with E-state index in [0.717, 1.165) is 22.9 Å². The van der Waals surface area contributed by atoms with Gasteiger partial charge in [-0.15, -0.1) is 0 Å². The van der Waals surface area contributed by atoms with Gasteiger partial charge in [-0.05, 0) is 53.9 Å². The van der Waals surface area contributed by atoms with Crippen molar-refractivity contribution in [1.29, 1.82) is 0 Å². The van der Waals surface area contributed by atoms with Crippen molar-refractivity contribution in [3.05, 3.63) is 95.5 Å². The Labute approximate surface area is 237 Å². The number of hydrogen-bond acceptors (Lipinski definition) is 5. The number of ether oxygens (including phenoxy) is 2. The van der Waals surface area contributed by atoms with Gasteiger partial charge < -0.3 is 19.7 Å². The number of halogens is 4. The summed E-state index contributed by atoms with van der Waals surface area (Å²) in [4.78, 5) is 38.9. The molecule has 1 heterocycles. The fourth-order valence-electron chi connectivity index (χ4n) is 4.46. The second kappa shape index (κ2) is 11.5. The van der Waals surface area contributed by atoms with Gasteiger partial charge in [0.15, 0.2) is 6.61 Å². The van der Waals surface area contributed by atoms with E-state index in [-0.39, 0.29) is 29.6 Å². The average Bonchev–Trinajstić information content (AvgIpc) is 3.34. The molecule has 41 heavy (non-hydrogen) atoms. The van der Waals surface area contributed by atoms with E-state index in [1.165, 1.54) is 4.90 Å². The van der Waals surface area contributed by atoms with Crippen LogP contribution in [0.25, 0.3) is 10.8 Å². The van der Waals surface area contributed by atoms with Crippen LogP contribution in [0.2, 0.25) is 5.02 Å². The Morgan fingerprint density at radius 3 is 2.46 bits per heavy atom. The Morgan fingerprint density at radius 2 is 1.71 bits per heavy atom. The molecule has 5 rings (SSSR count). The molecule has 210 valence electrons. The van der Waals surface area contributed by atoms with E-state index in [1.807, 2.05) is 42.5 Å². The van der Waals surface area contributed by atoms with Crippen molar-refractivity contribution in [1.82, 2.24) is 0 Å². The molecule has 1 N–H and O–H groups in total. The summed E-state index contributed by atoms with van der Waals surface area (Å²) < 4.78 is 49.9. The first kappa shape index (κ1) is 28.0. The number of amides is 2. The van der Waals surface area contributed by atoms with Crippen molar-refractivity contribution in [3.8, 4) is 11.5 Å².